The Morgan fingerprint density at radius 3 is 2.15 bits per heavy atom. The van der Waals surface area contributed by atoms with Crippen LogP contribution in [0, 0.1) is 5.92 Å². The summed E-state index contributed by atoms with van der Waals surface area (Å²) >= 11 is 0. The van der Waals surface area contributed by atoms with Crippen LogP contribution in [0.15, 0.2) is 60.8 Å². The molecule has 0 atom stereocenters. The zero-order valence-corrected chi connectivity index (χ0v) is 18.5. The average Bonchev–Trinajstić information content (AvgIpc) is 2.84. The average molecular weight is 452 g/mol. The highest BCUT2D eigenvalue weighted by Crippen LogP contribution is 2.24. The molecule has 3 heterocycles. The number of hydrogen-bond donors (Lipinski definition) is 2. The fourth-order valence-corrected chi connectivity index (χ4v) is 4.19. The lowest BCUT2D eigenvalue weighted by Crippen LogP contribution is -2.42. The van der Waals surface area contributed by atoms with E-state index < -0.39 is 11.9 Å². The van der Waals surface area contributed by atoms with Crippen molar-refractivity contribution in [2.75, 3.05) is 26.2 Å². The lowest BCUT2D eigenvalue weighted by molar-refractivity contribution is -0.134. The Morgan fingerprint density at radius 1 is 0.909 bits per heavy atom. The summed E-state index contributed by atoms with van der Waals surface area (Å²) in [6.45, 7) is 5.09. The van der Waals surface area contributed by atoms with Crippen LogP contribution in [0.5, 0.6) is 0 Å². The van der Waals surface area contributed by atoms with E-state index in [0.717, 1.165) is 52.0 Å². The number of likely N-dealkylation sites (tertiary alicyclic amines) is 1. The molecule has 8 nitrogen and oxygen atoms in total. The first-order valence-corrected chi connectivity index (χ1v) is 11.1. The molecule has 4 rings (SSSR count). The van der Waals surface area contributed by atoms with Crippen LogP contribution in [-0.4, -0.2) is 69.0 Å². The van der Waals surface area contributed by atoms with E-state index in [-0.39, 0.29) is 5.91 Å². The molecule has 8 heteroatoms. The normalized spacial score (nSPS) is 16.5. The summed E-state index contributed by atoms with van der Waals surface area (Å²) in [6.07, 6.45) is 6.15. The first kappa shape index (κ1) is 24.1. The lowest BCUT2D eigenvalue weighted by atomic mass is 9.93. The Labute approximate surface area is 193 Å². The van der Waals surface area contributed by atoms with Crippen molar-refractivity contribution in [2.24, 2.45) is 5.92 Å². The van der Waals surface area contributed by atoms with Gasteiger partial charge in [0.1, 0.15) is 5.69 Å². The molecule has 0 aliphatic carbocycles. The number of amides is 1. The van der Waals surface area contributed by atoms with Crippen LogP contribution in [0.2, 0.25) is 0 Å². The highest BCUT2D eigenvalue weighted by Gasteiger charge is 2.26. The molecule has 0 radical (unpaired) electrons. The maximum atomic E-state index is 12.5. The number of pyridine rings is 1. The van der Waals surface area contributed by atoms with Gasteiger partial charge in [-0.2, -0.15) is 0 Å². The van der Waals surface area contributed by atoms with Crippen molar-refractivity contribution in [3.8, 4) is 0 Å². The van der Waals surface area contributed by atoms with Gasteiger partial charge in [0, 0.05) is 51.1 Å². The predicted octanol–water partition coefficient (Wildman–Crippen LogP) is 2.70. The third kappa shape index (κ3) is 7.54. The van der Waals surface area contributed by atoms with E-state index in [0.29, 0.717) is 23.8 Å². The molecule has 1 amide bonds. The summed E-state index contributed by atoms with van der Waals surface area (Å²) in [5.74, 6) is -1.75. The minimum atomic E-state index is -1.26. The van der Waals surface area contributed by atoms with Crippen molar-refractivity contribution in [1.29, 1.82) is 0 Å². The van der Waals surface area contributed by atoms with Crippen molar-refractivity contribution >= 4 is 17.8 Å². The number of benzene rings is 1. The Kier molecular flexibility index (Phi) is 8.71. The van der Waals surface area contributed by atoms with Crippen LogP contribution in [-0.2, 0) is 22.6 Å². The standard InChI is InChI=1S/C21H25N3O.C4H4O4/c25-21(20-7-3-4-11-22-20)24-13-8-17(9-14-24)15-23-12-10-18-5-1-2-6-19(18)16-23;5-3(6)1-2-4(7)8/h1-7,11,17H,8-10,12-16H2;1-2H,(H,5,6)(H,7,8). The zero-order chi connectivity index (χ0) is 23.6. The minimum Gasteiger partial charge on any atom is -0.478 e. The molecule has 33 heavy (non-hydrogen) atoms. The van der Waals surface area contributed by atoms with Crippen LogP contribution < -0.4 is 0 Å². The van der Waals surface area contributed by atoms with Crippen molar-refractivity contribution in [3.63, 3.8) is 0 Å². The summed E-state index contributed by atoms with van der Waals surface area (Å²) in [4.78, 5) is 40.3. The number of rotatable bonds is 5. The van der Waals surface area contributed by atoms with Crippen molar-refractivity contribution in [1.82, 2.24) is 14.8 Å². The smallest absolute Gasteiger partial charge is 0.328 e. The molecular weight excluding hydrogens is 422 g/mol. The molecule has 1 fully saturated rings. The molecule has 0 bridgehead atoms. The SMILES string of the molecule is O=C(O)C=CC(=O)O.O=C(c1ccccn1)N1CCC(CN2CCc3ccccc3C2)CC1. The van der Waals surface area contributed by atoms with Gasteiger partial charge in [-0.3, -0.25) is 14.7 Å². The van der Waals surface area contributed by atoms with Gasteiger partial charge < -0.3 is 15.1 Å². The van der Waals surface area contributed by atoms with E-state index in [9.17, 15) is 14.4 Å². The Hall–Kier alpha value is -3.52. The molecule has 0 spiro atoms. The molecule has 2 aliphatic rings. The predicted molar refractivity (Wildman–Crippen MR) is 123 cm³/mol. The fourth-order valence-electron chi connectivity index (χ4n) is 4.19. The fraction of sp³-hybridized carbons (Fsp3) is 0.360. The number of piperidine rings is 1. The molecule has 0 unspecified atom stereocenters. The van der Waals surface area contributed by atoms with Crippen molar-refractivity contribution < 1.29 is 24.6 Å². The van der Waals surface area contributed by atoms with Gasteiger partial charge in [-0.15, -0.1) is 0 Å². The molecule has 2 N–H and O–H groups in total. The van der Waals surface area contributed by atoms with E-state index in [4.69, 9.17) is 10.2 Å². The zero-order valence-electron chi connectivity index (χ0n) is 18.5. The number of carboxylic acids is 2. The number of aliphatic carboxylic acids is 2. The van der Waals surface area contributed by atoms with Crippen LogP contribution in [0.4, 0.5) is 0 Å². The van der Waals surface area contributed by atoms with Gasteiger partial charge in [-0.1, -0.05) is 30.3 Å². The van der Waals surface area contributed by atoms with Crippen LogP contribution in [0.3, 0.4) is 0 Å². The van der Waals surface area contributed by atoms with Gasteiger partial charge in [0.15, 0.2) is 0 Å². The summed E-state index contributed by atoms with van der Waals surface area (Å²) in [5, 5.41) is 15.6. The quantitative estimate of drug-likeness (QED) is 0.673. The summed E-state index contributed by atoms with van der Waals surface area (Å²) < 4.78 is 0. The van der Waals surface area contributed by atoms with Gasteiger partial charge in [-0.05, 0) is 48.4 Å². The Morgan fingerprint density at radius 2 is 1.55 bits per heavy atom. The summed E-state index contributed by atoms with van der Waals surface area (Å²) in [6, 6.07) is 14.3. The van der Waals surface area contributed by atoms with E-state index in [2.05, 4.69) is 34.1 Å². The first-order valence-electron chi connectivity index (χ1n) is 11.1. The number of fused-ring (bicyclic) bond motifs is 1. The second-order valence-corrected chi connectivity index (χ2v) is 8.21. The molecule has 0 saturated carbocycles. The van der Waals surface area contributed by atoms with E-state index in [1.807, 2.05) is 17.0 Å². The maximum absolute atomic E-state index is 12.5. The van der Waals surface area contributed by atoms with Crippen LogP contribution >= 0.6 is 0 Å². The second-order valence-electron chi connectivity index (χ2n) is 8.21. The van der Waals surface area contributed by atoms with Crippen LogP contribution in [0.1, 0.15) is 34.5 Å². The Balaban J connectivity index is 0.000000331. The van der Waals surface area contributed by atoms with Crippen molar-refractivity contribution in [3.05, 3.63) is 77.6 Å². The maximum Gasteiger partial charge on any atom is 0.328 e. The third-order valence-corrected chi connectivity index (χ3v) is 5.88. The molecule has 2 aliphatic heterocycles. The number of carbonyl (C=O) groups excluding carboxylic acids is 1. The third-order valence-electron chi connectivity index (χ3n) is 5.88. The first-order chi connectivity index (χ1) is 15.9. The largest absolute Gasteiger partial charge is 0.478 e. The highest BCUT2D eigenvalue weighted by atomic mass is 16.4. The number of carboxylic acid groups (broad SMARTS) is 2. The highest BCUT2D eigenvalue weighted by molar-refractivity contribution is 5.92. The number of hydrogen-bond acceptors (Lipinski definition) is 5. The molecule has 1 aromatic carbocycles. The summed E-state index contributed by atoms with van der Waals surface area (Å²) in [5.41, 5.74) is 3.56. The number of carbonyl (C=O) groups is 3. The minimum absolute atomic E-state index is 0.0750. The molecular formula is C25H29N3O5. The van der Waals surface area contributed by atoms with Gasteiger partial charge in [0.05, 0.1) is 0 Å². The Bertz CT molecular complexity index is 969. The molecule has 2 aromatic rings. The van der Waals surface area contributed by atoms with Gasteiger partial charge in [-0.25, -0.2) is 9.59 Å². The van der Waals surface area contributed by atoms with Crippen LogP contribution in [0.25, 0.3) is 0 Å². The number of nitrogens with zero attached hydrogens (tertiary/aromatic N) is 3. The van der Waals surface area contributed by atoms with E-state index in [1.165, 1.54) is 11.1 Å². The van der Waals surface area contributed by atoms with Crippen molar-refractivity contribution in [2.45, 2.75) is 25.8 Å². The second kappa shape index (κ2) is 11.9. The number of aromatic nitrogens is 1. The lowest BCUT2D eigenvalue weighted by Gasteiger charge is -2.36. The summed E-state index contributed by atoms with van der Waals surface area (Å²) in [7, 11) is 0. The van der Waals surface area contributed by atoms with Gasteiger partial charge in [0.25, 0.3) is 5.91 Å². The molecule has 1 aromatic heterocycles. The van der Waals surface area contributed by atoms with Gasteiger partial charge in [0.2, 0.25) is 0 Å². The monoisotopic (exact) mass is 451 g/mol. The van der Waals surface area contributed by atoms with E-state index in [1.54, 1.807) is 12.3 Å². The van der Waals surface area contributed by atoms with Gasteiger partial charge >= 0.3 is 11.9 Å². The molecule has 174 valence electrons. The topological polar surface area (TPSA) is 111 Å². The van der Waals surface area contributed by atoms with E-state index >= 15 is 0 Å². The molecule has 1 saturated heterocycles.